The summed E-state index contributed by atoms with van der Waals surface area (Å²) in [5.74, 6) is -0.489. The average molecular weight is 553 g/mol. The van der Waals surface area contributed by atoms with Gasteiger partial charge in [0.2, 0.25) is 0 Å². The van der Waals surface area contributed by atoms with Gasteiger partial charge in [-0.05, 0) is 29.6 Å². The van der Waals surface area contributed by atoms with Crippen LogP contribution in [-0.2, 0) is 22.7 Å². The zero-order chi connectivity index (χ0) is 25.8. The molecule has 14 nitrogen and oxygen atoms in total. The summed E-state index contributed by atoms with van der Waals surface area (Å²) in [4.78, 5) is 29.4. The van der Waals surface area contributed by atoms with Crippen LogP contribution in [0.1, 0.15) is 37.3 Å². The maximum Gasteiger partial charge on any atom is 0.435 e. The average Bonchev–Trinajstić information content (AvgIpc) is 3.54. The topological polar surface area (TPSA) is 155 Å². The lowest BCUT2D eigenvalue weighted by atomic mass is 10.2. The van der Waals surface area contributed by atoms with Crippen molar-refractivity contribution in [3.8, 4) is 0 Å². The molecule has 0 amide bonds. The van der Waals surface area contributed by atoms with Crippen LogP contribution in [0.15, 0.2) is 12.4 Å². The SMILES string of the molecule is CC(OP(=O)(N(CCCl)CCCl)N1CCCC1)c1c(Cn2ccnc2[N+](=O)[O-])nc([N+](=O)[O-])n1C. The molecule has 17 heteroatoms. The van der Waals surface area contributed by atoms with Crippen LogP contribution in [0, 0.1) is 20.2 Å². The first kappa shape index (κ1) is 27.5. The van der Waals surface area contributed by atoms with Gasteiger partial charge in [0.15, 0.2) is 5.69 Å². The predicted octanol–water partition coefficient (Wildman–Crippen LogP) is 3.54. The van der Waals surface area contributed by atoms with Crippen LogP contribution in [0.25, 0.3) is 0 Å². The summed E-state index contributed by atoms with van der Waals surface area (Å²) in [6, 6.07) is 0. The van der Waals surface area contributed by atoms with E-state index >= 15 is 0 Å². The summed E-state index contributed by atoms with van der Waals surface area (Å²) in [6.07, 6.45) is 3.42. The van der Waals surface area contributed by atoms with Gasteiger partial charge in [-0.1, -0.05) is 9.97 Å². The molecule has 1 saturated heterocycles. The third-order valence-electron chi connectivity index (χ3n) is 5.70. The molecule has 35 heavy (non-hydrogen) atoms. The van der Waals surface area contributed by atoms with E-state index in [-0.39, 0.29) is 42.8 Å². The van der Waals surface area contributed by atoms with Crippen molar-refractivity contribution in [2.24, 2.45) is 7.05 Å². The predicted molar refractivity (Wildman–Crippen MR) is 129 cm³/mol. The fourth-order valence-corrected chi connectivity index (χ4v) is 7.45. The Labute approximate surface area is 211 Å². The van der Waals surface area contributed by atoms with E-state index in [1.807, 2.05) is 0 Å². The number of halogens is 2. The molecule has 0 saturated carbocycles. The summed E-state index contributed by atoms with van der Waals surface area (Å²) >= 11 is 11.9. The molecule has 3 rings (SSSR count). The summed E-state index contributed by atoms with van der Waals surface area (Å²) in [5.41, 5.74) is 0.442. The quantitative estimate of drug-likeness (QED) is 0.156. The minimum atomic E-state index is -3.62. The molecule has 0 radical (unpaired) electrons. The molecule has 0 bridgehead atoms. The monoisotopic (exact) mass is 552 g/mol. The fourth-order valence-electron chi connectivity index (χ4n) is 4.18. The van der Waals surface area contributed by atoms with E-state index in [2.05, 4.69) is 9.97 Å². The fraction of sp³-hybridized carbons (Fsp3) is 0.667. The van der Waals surface area contributed by atoms with Crippen molar-refractivity contribution in [2.75, 3.05) is 37.9 Å². The summed E-state index contributed by atoms with van der Waals surface area (Å²) < 4.78 is 26.4. The molecule has 2 aromatic rings. The second kappa shape index (κ2) is 11.8. The largest absolute Gasteiger partial charge is 0.435 e. The van der Waals surface area contributed by atoms with Crippen molar-refractivity contribution >= 4 is 42.8 Å². The molecule has 2 atom stereocenters. The number of hydrogen-bond acceptors (Lipinski definition) is 8. The van der Waals surface area contributed by atoms with E-state index in [9.17, 15) is 24.8 Å². The zero-order valence-corrected chi connectivity index (χ0v) is 21.7. The van der Waals surface area contributed by atoms with Gasteiger partial charge < -0.3 is 20.2 Å². The van der Waals surface area contributed by atoms with Gasteiger partial charge >= 0.3 is 19.6 Å². The minimum absolute atomic E-state index is 0.165. The van der Waals surface area contributed by atoms with Crippen LogP contribution in [0.5, 0.6) is 0 Å². The standard InChI is InChI=1S/C18H27Cl2N8O6P/c1-14(34-35(33,25-8-3-4-9-25)26(10-5-19)11-6-20)16-15(22-18(23(16)2)28(31)32)13-24-12-7-21-17(24)27(29)30/h7,12,14H,3-6,8-11,13H2,1-2H3. The van der Waals surface area contributed by atoms with Gasteiger partial charge in [0.25, 0.3) is 0 Å². The minimum Gasteiger partial charge on any atom is -0.390 e. The van der Waals surface area contributed by atoms with Gasteiger partial charge in [-0.3, -0.25) is 9.09 Å². The lowest BCUT2D eigenvalue weighted by molar-refractivity contribution is -0.397. The van der Waals surface area contributed by atoms with E-state index < -0.39 is 35.5 Å². The summed E-state index contributed by atoms with van der Waals surface area (Å²) in [5, 5.41) is 22.9. The Balaban J connectivity index is 2.03. The van der Waals surface area contributed by atoms with Crippen LogP contribution in [0.2, 0.25) is 0 Å². The van der Waals surface area contributed by atoms with Crippen molar-refractivity contribution < 1.29 is 18.9 Å². The van der Waals surface area contributed by atoms with E-state index in [1.54, 1.807) is 16.3 Å². The van der Waals surface area contributed by atoms with Crippen LogP contribution in [-0.4, -0.2) is 76.2 Å². The van der Waals surface area contributed by atoms with Gasteiger partial charge in [-0.15, -0.1) is 23.2 Å². The van der Waals surface area contributed by atoms with Gasteiger partial charge in [-0.2, -0.15) is 0 Å². The molecule has 1 fully saturated rings. The summed E-state index contributed by atoms with van der Waals surface area (Å²) in [6.45, 7) is 3.12. The highest BCUT2D eigenvalue weighted by atomic mass is 35.5. The van der Waals surface area contributed by atoms with Gasteiger partial charge in [-0.25, -0.2) is 18.5 Å². The Morgan fingerprint density at radius 2 is 1.77 bits per heavy atom. The molecule has 1 aliphatic heterocycles. The number of hydrogen-bond donors (Lipinski definition) is 0. The molecule has 0 aliphatic carbocycles. The number of nitrogens with zero attached hydrogens (tertiary/aromatic N) is 8. The van der Waals surface area contributed by atoms with Crippen molar-refractivity contribution in [1.29, 1.82) is 0 Å². The third kappa shape index (κ3) is 5.84. The highest BCUT2D eigenvalue weighted by Gasteiger charge is 2.43. The molecule has 3 heterocycles. The van der Waals surface area contributed by atoms with E-state index in [0.717, 1.165) is 12.8 Å². The number of aromatic nitrogens is 4. The first-order chi connectivity index (χ1) is 16.6. The van der Waals surface area contributed by atoms with Crippen LogP contribution < -0.4 is 0 Å². The third-order valence-corrected chi connectivity index (χ3v) is 8.85. The second-order valence-corrected chi connectivity index (χ2v) is 11.0. The lowest BCUT2D eigenvalue weighted by Gasteiger charge is -2.37. The van der Waals surface area contributed by atoms with E-state index in [0.29, 0.717) is 13.1 Å². The smallest absolute Gasteiger partial charge is 0.390 e. The van der Waals surface area contributed by atoms with Gasteiger partial charge in [0.05, 0.1) is 7.05 Å². The Hall–Kier alpha value is -2.09. The van der Waals surface area contributed by atoms with Gasteiger partial charge in [0.1, 0.15) is 30.7 Å². The Kier molecular flexibility index (Phi) is 9.24. The second-order valence-electron chi connectivity index (χ2n) is 7.90. The Morgan fingerprint density at radius 3 is 2.31 bits per heavy atom. The number of alkyl halides is 2. The molecular weight excluding hydrogens is 526 g/mol. The maximum atomic E-state index is 14.3. The number of rotatable bonds is 13. The highest BCUT2D eigenvalue weighted by molar-refractivity contribution is 7.54. The normalized spacial score (nSPS) is 17.1. The number of nitro groups is 2. The first-order valence-electron chi connectivity index (χ1n) is 10.9. The number of imidazole rings is 2. The molecule has 2 unspecified atom stereocenters. The van der Waals surface area contributed by atoms with Crippen LogP contribution in [0.3, 0.4) is 0 Å². The molecule has 2 aromatic heterocycles. The molecule has 194 valence electrons. The molecule has 1 aliphatic rings. The molecular formula is C18H27Cl2N8O6P. The van der Waals surface area contributed by atoms with E-state index in [1.165, 1.54) is 28.6 Å². The molecule has 0 aromatic carbocycles. The van der Waals surface area contributed by atoms with Crippen molar-refractivity contribution in [1.82, 2.24) is 28.4 Å². The van der Waals surface area contributed by atoms with Crippen molar-refractivity contribution in [3.63, 3.8) is 0 Å². The van der Waals surface area contributed by atoms with E-state index in [4.69, 9.17) is 27.7 Å². The van der Waals surface area contributed by atoms with Crippen molar-refractivity contribution in [2.45, 2.75) is 32.4 Å². The lowest BCUT2D eigenvalue weighted by Crippen LogP contribution is -2.35. The van der Waals surface area contributed by atoms with Crippen LogP contribution in [0.4, 0.5) is 11.9 Å². The maximum absolute atomic E-state index is 14.3. The van der Waals surface area contributed by atoms with Crippen molar-refractivity contribution in [3.05, 3.63) is 44.0 Å². The Bertz CT molecular complexity index is 1100. The van der Waals surface area contributed by atoms with Crippen LogP contribution >= 0.6 is 30.9 Å². The first-order valence-corrected chi connectivity index (χ1v) is 13.5. The summed E-state index contributed by atoms with van der Waals surface area (Å²) in [7, 11) is -2.18. The molecule has 0 spiro atoms. The highest BCUT2D eigenvalue weighted by Crippen LogP contribution is 2.58. The Morgan fingerprint density at radius 1 is 1.17 bits per heavy atom. The zero-order valence-electron chi connectivity index (χ0n) is 19.3. The molecule has 0 N–H and O–H groups in total. The van der Waals surface area contributed by atoms with Gasteiger partial charge in [0, 0.05) is 37.9 Å².